The van der Waals surface area contributed by atoms with Crippen LogP contribution in [0, 0.1) is 10.8 Å². The summed E-state index contributed by atoms with van der Waals surface area (Å²) in [4.78, 5) is 31.2. The summed E-state index contributed by atoms with van der Waals surface area (Å²) < 4.78 is 0.937. The molecule has 0 atom stereocenters. The Morgan fingerprint density at radius 2 is 1.33 bits per heavy atom. The topological polar surface area (TPSA) is 47.0 Å². The first-order chi connectivity index (χ1) is 12.6. The molecule has 1 heterocycles. The monoisotopic (exact) mass is 425 g/mol. The van der Waals surface area contributed by atoms with Crippen molar-refractivity contribution < 1.29 is 9.59 Å². The van der Waals surface area contributed by atoms with Crippen molar-refractivity contribution in [2.45, 2.75) is 53.4 Å². The van der Waals surface area contributed by atoms with Crippen LogP contribution in [0.4, 0.5) is 0 Å². The van der Waals surface area contributed by atoms with Crippen molar-refractivity contribution in [2.75, 3.05) is 0 Å². The minimum Gasteiger partial charge on any atom is -0.294 e. The maximum absolute atomic E-state index is 13.1. The highest BCUT2D eigenvalue weighted by atomic mass is 79.9. The number of nitrogens with zero attached hydrogens (tertiary/aromatic N) is 1. The Kier molecular flexibility index (Phi) is 4.19. The van der Waals surface area contributed by atoms with Crippen LogP contribution in [0.1, 0.15) is 72.6 Å². The van der Waals surface area contributed by atoms with Crippen molar-refractivity contribution >= 4 is 27.5 Å². The fourth-order valence-electron chi connectivity index (χ4n) is 4.56. The zero-order chi connectivity index (χ0) is 19.6. The van der Waals surface area contributed by atoms with E-state index in [4.69, 9.17) is 4.98 Å². The first kappa shape index (κ1) is 18.5. The highest BCUT2D eigenvalue weighted by Crippen LogP contribution is 2.45. The summed E-state index contributed by atoms with van der Waals surface area (Å²) in [5.41, 5.74) is 4.56. The largest absolute Gasteiger partial charge is 0.294 e. The number of pyridine rings is 1. The van der Waals surface area contributed by atoms with Crippen LogP contribution in [0.5, 0.6) is 0 Å². The molecule has 0 amide bonds. The molecule has 1 aromatic heterocycles. The van der Waals surface area contributed by atoms with E-state index in [0.717, 1.165) is 39.8 Å². The Labute approximate surface area is 168 Å². The van der Waals surface area contributed by atoms with E-state index >= 15 is 0 Å². The van der Waals surface area contributed by atoms with Crippen LogP contribution < -0.4 is 0 Å². The molecule has 0 bridgehead atoms. The highest BCUT2D eigenvalue weighted by molar-refractivity contribution is 9.10. The lowest BCUT2D eigenvalue weighted by molar-refractivity contribution is 0.0907. The maximum atomic E-state index is 13.1. The fraction of sp³-hybridized carbons (Fsp3) is 0.435. The van der Waals surface area contributed by atoms with E-state index in [1.807, 2.05) is 24.3 Å². The number of hydrogen-bond acceptors (Lipinski definition) is 3. The van der Waals surface area contributed by atoms with Gasteiger partial charge in [0.1, 0.15) is 0 Å². The van der Waals surface area contributed by atoms with Crippen LogP contribution in [0.2, 0.25) is 0 Å². The number of aromatic nitrogens is 1. The predicted molar refractivity (Wildman–Crippen MR) is 110 cm³/mol. The second kappa shape index (κ2) is 6.10. The quantitative estimate of drug-likeness (QED) is 0.577. The van der Waals surface area contributed by atoms with Gasteiger partial charge in [0.05, 0.1) is 11.4 Å². The van der Waals surface area contributed by atoms with Crippen molar-refractivity contribution in [3.63, 3.8) is 0 Å². The molecular weight excluding hydrogens is 402 g/mol. The molecule has 0 spiro atoms. The first-order valence-corrected chi connectivity index (χ1v) is 10.2. The van der Waals surface area contributed by atoms with Gasteiger partial charge < -0.3 is 0 Å². The van der Waals surface area contributed by atoms with Crippen LogP contribution in [-0.2, 0) is 12.8 Å². The van der Waals surface area contributed by atoms with Crippen molar-refractivity contribution in [3.05, 3.63) is 51.3 Å². The van der Waals surface area contributed by atoms with Crippen molar-refractivity contribution in [3.8, 4) is 11.1 Å². The Bertz CT molecular complexity index is 934. The number of carbonyl (C=O) groups excluding carboxylic acids is 2. The van der Waals surface area contributed by atoms with Crippen molar-refractivity contribution in [1.29, 1.82) is 0 Å². The maximum Gasteiger partial charge on any atom is 0.165 e. The molecule has 3 nitrogen and oxygen atoms in total. The van der Waals surface area contributed by atoms with Gasteiger partial charge in [-0.3, -0.25) is 14.6 Å². The lowest BCUT2D eigenvalue weighted by Gasteiger charge is -2.35. The van der Waals surface area contributed by atoms with E-state index in [1.54, 1.807) is 0 Å². The third-order valence-corrected chi connectivity index (χ3v) is 6.08. The molecular formula is C23H24BrNO2. The van der Waals surface area contributed by atoms with Gasteiger partial charge >= 0.3 is 0 Å². The molecule has 0 N–H and O–H groups in total. The number of halogens is 1. The van der Waals surface area contributed by atoms with E-state index < -0.39 is 0 Å². The van der Waals surface area contributed by atoms with Crippen molar-refractivity contribution in [2.24, 2.45) is 10.8 Å². The van der Waals surface area contributed by atoms with Crippen LogP contribution in [0.15, 0.2) is 28.7 Å². The zero-order valence-corrected chi connectivity index (χ0v) is 17.9. The number of hydrogen-bond donors (Lipinski definition) is 0. The summed E-state index contributed by atoms with van der Waals surface area (Å²) in [7, 11) is 0. The summed E-state index contributed by atoms with van der Waals surface area (Å²) in [5, 5.41) is 0. The lowest BCUT2D eigenvalue weighted by Crippen LogP contribution is -2.33. The molecule has 0 aliphatic heterocycles. The average molecular weight is 426 g/mol. The molecule has 140 valence electrons. The molecule has 4 rings (SSSR count). The Balaban J connectivity index is 2.07. The SMILES string of the molecule is CC1(C)CC(=O)c2c(nc3c(c2-c2cccc(Br)c2)C(=O)CC(C)(C)C3)C1. The van der Waals surface area contributed by atoms with E-state index in [0.29, 0.717) is 24.0 Å². The summed E-state index contributed by atoms with van der Waals surface area (Å²) >= 11 is 3.53. The van der Waals surface area contributed by atoms with E-state index in [2.05, 4.69) is 43.6 Å². The molecule has 0 fully saturated rings. The van der Waals surface area contributed by atoms with Gasteiger partial charge in [0, 0.05) is 34.0 Å². The Morgan fingerprint density at radius 1 is 0.815 bits per heavy atom. The molecule has 4 heteroatoms. The number of ketones is 2. The lowest BCUT2D eigenvalue weighted by atomic mass is 9.69. The smallest absolute Gasteiger partial charge is 0.165 e. The number of benzene rings is 1. The first-order valence-electron chi connectivity index (χ1n) is 9.44. The van der Waals surface area contributed by atoms with Gasteiger partial charge in [0.15, 0.2) is 11.6 Å². The molecule has 0 saturated heterocycles. The molecule has 2 aromatic rings. The minimum atomic E-state index is -0.103. The molecule has 2 aliphatic rings. The van der Waals surface area contributed by atoms with Crippen LogP contribution in [-0.4, -0.2) is 16.6 Å². The van der Waals surface area contributed by atoms with E-state index in [9.17, 15) is 9.59 Å². The van der Waals surface area contributed by atoms with Crippen molar-refractivity contribution in [1.82, 2.24) is 4.98 Å². The number of Topliss-reactive ketones (excluding diaryl/α,β-unsaturated/α-hetero) is 2. The van der Waals surface area contributed by atoms with Gasteiger partial charge in [-0.2, -0.15) is 0 Å². The average Bonchev–Trinajstić information content (AvgIpc) is 2.50. The highest BCUT2D eigenvalue weighted by Gasteiger charge is 2.40. The summed E-state index contributed by atoms with van der Waals surface area (Å²) in [6.45, 7) is 8.46. The third-order valence-electron chi connectivity index (χ3n) is 5.59. The minimum absolute atomic E-state index is 0.101. The van der Waals surface area contributed by atoms with Gasteiger partial charge in [-0.25, -0.2) is 0 Å². The third kappa shape index (κ3) is 3.29. The van der Waals surface area contributed by atoms with E-state index in [1.165, 1.54) is 0 Å². The van der Waals surface area contributed by atoms with E-state index in [-0.39, 0.29) is 22.4 Å². The molecule has 27 heavy (non-hydrogen) atoms. The fourth-order valence-corrected chi connectivity index (χ4v) is 4.95. The van der Waals surface area contributed by atoms with Gasteiger partial charge in [0.25, 0.3) is 0 Å². The second-order valence-electron chi connectivity index (χ2n) is 9.52. The molecule has 1 aromatic carbocycles. The Morgan fingerprint density at radius 3 is 1.81 bits per heavy atom. The summed E-state index contributed by atoms with van der Waals surface area (Å²) in [5.74, 6) is 0.202. The number of carbonyl (C=O) groups is 2. The van der Waals surface area contributed by atoms with Gasteiger partial charge in [-0.05, 0) is 41.4 Å². The zero-order valence-electron chi connectivity index (χ0n) is 16.3. The van der Waals surface area contributed by atoms with Gasteiger partial charge in [-0.1, -0.05) is 55.8 Å². The summed E-state index contributed by atoms with van der Waals surface area (Å²) in [6, 6.07) is 7.89. The van der Waals surface area contributed by atoms with Gasteiger partial charge in [0.2, 0.25) is 0 Å². The normalized spacial score (nSPS) is 20.2. The Hall–Kier alpha value is -1.81. The summed E-state index contributed by atoms with van der Waals surface area (Å²) in [6.07, 6.45) is 2.50. The molecule has 0 unspecified atom stereocenters. The number of fused-ring (bicyclic) bond motifs is 2. The second-order valence-corrected chi connectivity index (χ2v) is 10.4. The van der Waals surface area contributed by atoms with Crippen LogP contribution in [0.3, 0.4) is 0 Å². The van der Waals surface area contributed by atoms with Crippen LogP contribution >= 0.6 is 15.9 Å². The molecule has 0 radical (unpaired) electrons. The molecule has 2 aliphatic carbocycles. The number of rotatable bonds is 1. The van der Waals surface area contributed by atoms with Gasteiger partial charge in [-0.15, -0.1) is 0 Å². The standard InChI is InChI=1S/C23H24BrNO2/c1-22(2)9-15-20(17(26)11-22)19(13-6-5-7-14(24)8-13)21-16(25-15)10-23(3,4)12-18(21)27/h5-8H,9-12H2,1-4H3. The van der Waals surface area contributed by atoms with Crippen LogP contribution in [0.25, 0.3) is 11.1 Å². The molecule has 0 saturated carbocycles. The predicted octanol–water partition coefficient (Wildman–Crippen LogP) is 5.82.